The predicted molar refractivity (Wildman–Crippen MR) is 183 cm³/mol. The number of allylic oxidation sites excluding steroid dienone is 4. The van der Waals surface area contributed by atoms with Crippen LogP contribution < -0.4 is 0 Å². The van der Waals surface area contributed by atoms with E-state index in [9.17, 15) is 0 Å². The largest absolute Gasteiger partial charge is 0.0779 e. The molecule has 0 heteroatoms. The van der Waals surface area contributed by atoms with Crippen molar-refractivity contribution in [1.82, 2.24) is 0 Å². The third-order valence-electron chi connectivity index (χ3n) is 8.58. The van der Waals surface area contributed by atoms with E-state index in [0.29, 0.717) is 0 Å². The first kappa shape index (κ1) is 27.7. The molecular formula is C42H40. The molecule has 208 valence electrons. The molecule has 5 aromatic carbocycles. The molecule has 42 heavy (non-hydrogen) atoms. The van der Waals surface area contributed by atoms with E-state index in [4.69, 9.17) is 0 Å². The fraction of sp³-hybridized carbons (Fsp3) is 0.190. The van der Waals surface area contributed by atoms with Crippen molar-refractivity contribution in [2.75, 3.05) is 0 Å². The molecule has 0 aromatic heterocycles. The molecular weight excluding hydrogens is 504 g/mol. The molecule has 0 saturated carbocycles. The van der Waals surface area contributed by atoms with Gasteiger partial charge in [-0.05, 0) is 101 Å². The van der Waals surface area contributed by atoms with E-state index in [1.165, 1.54) is 77.9 Å². The molecule has 1 aliphatic carbocycles. The molecule has 1 aliphatic rings. The summed E-state index contributed by atoms with van der Waals surface area (Å²) in [4.78, 5) is 0. The van der Waals surface area contributed by atoms with Gasteiger partial charge in [0.2, 0.25) is 0 Å². The minimum Gasteiger partial charge on any atom is -0.0779 e. The summed E-state index contributed by atoms with van der Waals surface area (Å²) in [7, 11) is 0. The van der Waals surface area contributed by atoms with Crippen LogP contribution in [0.2, 0.25) is 0 Å². The second kappa shape index (κ2) is 11.1. The highest BCUT2D eigenvalue weighted by molar-refractivity contribution is 6.06. The minimum absolute atomic E-state index is 0.152. The summed E-state index contributed by atoms with van der Waals surface area (Å²) >= 11 is 0. The van der Waals surface area contributed by atoms with Crippen molar-refractivity contribution < 1.29 is 0 Å². The lowest BCUT2D eigenvalue weighted by molar-refractivity contribution is 0.486. The third kappa shape index (κ3) is 5.55. The van der Waals surface area contributed by atoms with Gasteiger partial charge < -0.3 is 0 Å². The Hall–Kier alpha value is -4.42. The van der Waals surface area contributed by atoms with Crippen LogP contribution in [0, 0.1) is 33.1 Å². The molecule has 5 aromatic rings. The highest BCUT2D eigenvalue weighted by Crippen LogP contribution is 2.50. The molecule has 0 nitrogen and oxygen atoms in total. The average Bonchev–Trinajstić information content (AvgIpc) is 2.98. The zero-order valence-corrected chi connectivity index (χ0v) is 25.8. The van der Waals surface area contributed by atoms with Gasteiger partial charge in [0.15, 0.2) is 0 Å². The van der Waals surface area contributed by atoms with Crippen LogP contribution in [0.1, 0.15) is 48.1 Å². The molecule has 0 heterocycles. The van der Waals surface area contributed by atoms with Crippen molar-refractivity contribution in [3.63, 3.8) is 0 Å². The highest BCUT2D eigenvalue weighted by Gasteiger charge is 2.26. The monoisotopic (exact) mass is 544 g/mol. The van der Waals surface area contributed by atoms with Gasteiger partial charge in [0.05, 0.1) is 0 Å². The van der Waals surface area contributed by atoms with Crippen LogP contribution in [0.5, 0.6) is 0 Å². The molecule has 0 radical (unpaired) electrons. The molecule has 0 atom stereocenters. The van der Waals surface area contributed by atoms with Crippen LogP contribution in [0.3, 0.4) is 0 Å². The summed E-state index contributed by atoms with van der Waals surface area (Å²) < 4.78 is 0. The van der Waals surface area contributed by atoms with Crippen LogP contribution in [0.15, 0.2) is 121 Å². The van der Waals surface area contributed by atoms with Crippen molar-refractivity contribution >= 4 is 5.57 Å². The number of benzene rings is 5. The normalized spacial score (nSPS) is 14.1. The van der Waals surface area contributed by atoms with Gasteiger partial charge in [0.25, 0.3) is 0 Å². The Balaban J connectivity index is 1.80. The Bertz CT molecular complexity index is 1790. The van der Waals surface area contributed by atoms with E-state index in [0.717, 1.165) is 6.42 Å². The maximum absolute atomic E-state index is 2.45. The van der Waals surface area contributed by atoms with Gasteiger partial charge in [-0.3, -0.25) is 0 Å². The van der Waals surface area contributed by atoms with Gasteiger partial charge in [-0.25, -0.2) is 0 Å². The quantitative estimate of drug-likeness (QED) is 0.206. The molecule has 6 rings (SSSR count). The molecule has 0 aliphatic heterocycles. The van der Waals surface area contributed by atoms with Gasteiger partial charge in [0, 0.05) is 0 Å². The minimum atomic E-state index is 0.152. The van der Waals surface area contributed by atoms with Crippen molar-refractivity contribution in [3.8, 4) is 44.5 Å². The standard InChI is InChI=1S/C42H40/c1-28-7-15-32(16-8-28)37-27-38(33-17-9-29(2)10-18-33)40(36-23-25-42(5,6)26-24-36)41(35-21-13-31(4)14-22-35)39(37)34-19-11-30(3)12-20-34/h7-25,27H,26H2,1-6H3. The lowest BCUT2D eigenvalue weighted by Crippen LogP contribution is -2.10. The van der Waals surface area contributed by atoms with Crippen molar-refractivity contribution in [2.45, 2.75) is 48.0 Å². The summed E-state index contributed by atoms with van der Waals surface area (Å²) in [5.41, 5.74) is 17.9. The number of aryl methyl sites for hydroxylation is 4. The zero-order valence-electron chi connectivity index (χ0n) is 25.8. The molecule has 0 fully saturated rings. The van der Waals surface area contributed by atoms with Crippen molar-refractivity contribution in [2.24, 2.45) is 5.41 Å². The Kier molecular flexibility index (Phi) is 7.33. The van der Waals surface area contributed by atoms with Gasteiger partial charge in [-0.1, -0.05) is 151 Å². The molecule has 0 saturated heterocycles. The van der Waals surface area contributed by atoms with E-state index < -0.39 is 0 Å². The Morgan fingerprint density at radius 1 is 0.452 bits per heavy atom. The van der Waals surface area contributed by atoms with Crippen LogP contribution >= 0.6 is 0 Å². The van der Waals surface area contributed by atoms with Crippen LogP contribution in [0.25, 0.3) is 50.1 Å². The second-order valence-electron chi connectivity index (χ2n) is 12.7. The van der Waals surface area contributed by atoms with Crippen molar-refractivity contribution in [1.29, 1.82) is 0 Å². The van der Waals surface area contributed by atoms with Gasteiger partial charge >= 0.3 is 0 Å². The highest BCUT2D eigenvalue weighted by atomic mass is 14.3. The van der Waals surface area contributed by atoms with Gasteiger partial charge in [0.1, 0.15) is 0 Å². The third-order valence-corrected chi connectivity index (χ3v) is 8.58. The second-order valence-corrected chi connectivity index (χ2v) is 12.7. The summed E-state index contributed by atoms with van der Waals surface area (Å²) in [6.45, 7) is 13.3. The molecule has 0 unspecified atom stereocenters. The summed E-state index contributed by atoms with van der Waals surface area (Å²) in [6.07, 6.45) is 8.21. The van der Waals surface area contributed by atoms with E-state index in [1.807, 2.05) is 0 Å². The van der Waals surface area contributed by atoms with E-state index >= 15 is 0 Å². The smallest absolute Gasteiger partial charge is 0.00144 e. The van der Waals surface area contributed by atoms with Gasteiger partial charge in [-0.2, -0.15) is 0 Å². The lowest BCUT2D eigenvalue weighted by atomic mass is 9.76. The summed E-state index contributed by atoms with van der Waals surface area (Å²) in [6, 6.07) is 38.7. The molecule has 0 amide bonds. The molecule has 0 spiro atoms. The average molecular weight is 545 g/mol. The topological polar surface area (TPSA) is 0 Å². The lowest BCUT2D eigenvalue weighted by Gasteiger charge is -2.28. The van der Waals surface area contributed by atoms with Crippen LogP contribution in [-0.4, -0.2) is 0 Å². The van der Waals surface area contributed by atoms with Crippen LogP contribution in [-0.2, 0) is 0 Å². The first-order valence-corrected chi connectivity index (χ1v) is 15.1. The van der Waals surface area contributed by atoms with E-state index in [2.05, 4.69) is 163 Å². The first-order chi connectivity index (χ1) is 20.2. The van der Waals surface area contributed by atoms with Gasteiger partial charge in [-0.15, -0.1) is 0 Å². The van der Waals surface area contributed by atoms with Crippen molar-refractivity contribution in [3.05, 3.63) is 149 Å². The summed E-state index contributed by atoms with van der Waals surface area (Å²) in [5, 5.41) is 0. The van der Waals surface area contributed by atoms with Crippen LogP contribution in [0.4, 0.5) is 0 Å². The first-order valence-electron chi connectivity index (χ1n) is 15.1. The SMILES string of the molecule is Cc1ccc(-c2cc(-c3ccc(C)cc3)c(-c3ccc(C)cc3)c(-c3ccc(C)cc3)c2C2=CCC(C)(C)C=C2)cc1. The van der Waals surface area contributed by atoms with E-state index in [1.54, 1.807) is 0 Å². The molecule has 0 bridgehead atoms. The summed E-state index contributed by atoms with van der Waals surface area (Å²) in [5.74, 6) is 0. The fourth-order valence-corrected chi connectivity index (χ4v) is 5.94. The maximum Gasteiger partial charge on any atom is -0.00144 e. The Labute approximate surface area is 252 Å². The van der Waals surface area contributed by atoms with E-state index in [-0.39, 0.29) is 5.41 Å². The Morgan fingerprint density at radius 2 is 0.833 bits per heavy atom. The zero-order chi connectivity index (χ0) is 29.4. The number of hydrogen-bond donors (Lipinski definition) is 0. The maximum atomic E-state index is 2.45. The number of rotatable bonds is 5. The number of hydrogen-bond acceptors (Lipinski definition) is 0. The molecule has 0 N–H and O–H groups in total. The fourth-order valence-electron chi connectivity index (χ4n) is 5.94. The predicted octanol–water partition coefficient (Wildman–Crippen LogP) is 12.0. The Morgan fingerprint density at radius 3 is 1.24 bits per heavy atom.